The zero-order valence-corrected chi connectivity index (χ0v) is 9.59. The van der Waals surface area contributed by atoms with E-state index in [0.29, 0.717) is 5.82 Å². The van der Waals surface area contributed by atoms with Gasteiger partial charge in [0.15, 0.2) is 0 Å². The minimum absolute atomic E-state index is 0. The number of hydrogen-bond acceptors (Lipinski definition) is 2. The average molecular weight is 225 g/mol. The Kier molecular flexibility index (Phi) is 4.63. The maximum absolute atomic E-state index is 5.53. The monoisotopic (exact) mass is 224 g/mol. The summed E-state index contributed by atoms with van der Waals surface area (Å²) in [6.07, 6.45) is 10.5. The highest BCUT2D eigenvalue weighted by atomic mass is 35.5. The van der Waals surface area contributed by atoms with Gasteiger partial charge in [-0.15, -0.1) is 12.4 Å². The van der Waals surface area contributed by atoms with E-state index < -0.39 is 0 Å². The fourth-order valence-corrected chi connectivity index (χ4v) is 1.87. The van der Waals surface area contributed by atoms with Gasteiger partial charge >= 0.3 is 0 Å². The third kappa shape index (κ3) is 3.56. The molecule has 1 heterocycles. The van der Waals surface area contributed by atoms with Crippen molar-refractivity contribution in [1.82, 2.24) is 4.98 Å². The van der Waals surface area contributed by atoms with Crippen molar-refractivity contribution in [3.8, 4) is 0 Å². The molecule has 0 atom stereocenters. The molecule has 3 heteroatoms. The van der Waals surface area contributed by atoms with Crippen molar-refractivity contribution in [3.05, 3.63) is 35.5 Å². The Hall–Kier alpha value is -1.02. The molecule has 0 bridgehead atoms. The van der Waals surface area contributed by atoms with Gasteiger partial charge in [0.05, 0.1) is 0 Å². The lowest BCUT2D eigenvalue weighted by Gasteiger charge is -2.12. The number of hydrogen-bond donors (Lipinski definition) is 1. The molecule has 2 nitrogen and oxygen atoms in total. The Labute approximate surface area is 97.0 Å². The minimum Gasteiger partial charge on any atom is -0.384 e. The Morgan fingerprint density at radius 3 is 2.73 bits per heavy atom. The number of nitrogens with two attached hydrogens (primary N) is 1. The van der Waals surface area contributed by atoms with Crippen molar-refractivity contribution in [2.24, 2.45) is 0 Å². The van der Waals surface area contributed by atoms with Crippen LogP contribution >= 0.6 is 12.4 Å². The van der Waals surface area contributed by atoms with E-state index in [1.54, 1.807) is 5.57 Å². The Morgan fingerprint density at radius 1 is 1.27 bits per heavy atom. The fraction of sp³-hybridized carbons (Fsp3) is 0.417. The molecule has 0 saturated carbocycles. The van der Waals surface area contributed by atoms with Gasteiger partial charge in [-0.25, -0.2) is 4.98 Å². The second-order valence-electron chi connectivity index (χ2n) is 3.88. The van der Waals surface area contributed by atoms with Gasteiger partial charge in [-0.05, 0) is 43.7 Å². The van der Waals surface area contributed by atoms with E-state index in [1.807, 2.05) is 12.3 Å². The van der Waals surface area contributed by atoms with Crippen LogP contribution in [0, 0.1) is 0 Å². The van der Waals surface area contributed by atoms with Crippen molar-refractivity contribution >= 4 is 18.2 Å². The van der Waals surface area contributed by atoms with Gasteiger partial charge in [0.25, 0.3) is 0 Å². The highest BCUT2D eigenvalue weighted by Crippen LogP contribution is 2.20. The first-order valence-corrected chi connectivity index (χ1v) is 5.23. The number of anilines is 1. The molecule has 0 spiro atoms. The van der Waals surface area contributed by atoms with E-state index in [0.717, 1.165) is 6.42 Å². The van der Waals surface area contributed by atoms with E-state index in [9.17, 15) is 0 Å². The van der Waals surface area contributed by atoms with Gasteiger partial charge in [0.1, 0.15) is 5.82 Å². The predicted molar refractivity (Wildman–Crippen MR) is 66.2 cm³/mol. The van der Waals surface area contributed by atoms with E-state index in [1.165, 1.54) is 31.2 Å². The first kappa shape index (κ1) is 12.1. The molecule has 1 aromatic rings. The number of rotatable bonds is 2. The molecule has 2 rings (SSSR count). The van der Waals surface area contributed by atoms with Gasteiger partial charge in [-0.2, -0.15) is 0 Å². The molecule has 2 N–H and O–H groups in total. The third-order valence-electron chi connectivity index (χ3n) is 2.66. The summed E-state index contributed by atoms with van der Waals surface area (Å²) in [6, 6.07) is 3.94. The summed E-state index contributed by atoms with van der Waals surface area (Å²) in [4.78, 5) is 4.10. The Morgan fingerprint density at radius 2 is 2.13 bits per heavy atom. The maximum Gasteiger partial charge on any atom is 0.123 e. The number of allylic oxidation sites excluding steroid dienone is 2. The zero-order chi connectivity index (χ0) is 9.80. The highest BCUT2D eigenvalue weighted by Gasteiger charge is 2.04. The molecule has 0 amide bonds. The average Bonchev–Trinajstić information content (AvgIpc) is 2.23. The first-order valence-electron chi connectivity index (χ1n) is 5.23. The quantitative estimate of drug-likeness (QED) is 0.784. The summed E-state index contributed by atoms with van der Waals surface area (Å²) < 4.78 is 0. The van der Waals surface area contributed by atoms with E-state index in [2.05, 4.69) is 17.1 Å². The van der Waals surface area contributed by atoms with Gasteiger partial charge in [-0.1, -0.05) is 17.7 Å². The zero-order valence-electron chi connectivity index (χ0n) is 8.78. The van der Waals surface area contributed by atoms with E-state index >= 15 is 0 Å². The van der Waals surface area contributed by atoms with Crippen LogP contribution in [0.1, 0.15) is 31.2 Å². The van der Waals surface area contributed by atoms with Crippen molar-refractivity contribution in [1.29, 1.82) is 0 Å². The summed E-state index contributed by atoms with van der Waals surface area (Å²) in [6.45, 7) is 0. The van der Waals surface area contributed by atoms with Gasteiger partial charge in [-0.3, -0.25) is 0 Å². The van der Waals surface area contributed by atoms with Crippen molar-refractivity contribution in [2.45, 2.75) is 32.1 Å². The lowest BCUT2D eigenvalue weighted by Crippen LogP contribution is -1.97. The standard InChI is InChI=1S/C12H16N2.ClH/c13-12-7-6-11(9-14-12)8-10-4-2-1-3-5-10;/h4,6-7,9H,1-3,5,8H2,(H2,13,14);1H. The van der Waals surface area contributed by atoms with Crippen LogP contribution in [0.5, 0.6) is 0 Å². The van der Waals surface area contributed by atoms with E-state index in [4.69, 9.17) is 5.73 Å². The normalized spacial score (nSPS) is 15.3. The predicted octanol–water partition coefficient (Wildman–Crippen LogP) is 3.13. The van der Waals surface area contributed by atoms with Crippen LogP contribution in [0.25, 0.3) is 0 Å². The second kappa shape index (κ2) is 5.76. The summed E-state index contributed by atoms with van der Waals surface area (Å²) in [5.41, 5.74) is 8.36. The lowest BCUT2D eigenvalue weighted by molar-refractivity contribution is 0.688. The van der Waals surface area contributed by atoms with Crippen LogP contribution in [-0.2, 0) is 6.42 Å². The molecule has 15 heavy (non-hydrogen) atoms. The van der Waals surface area contributed by atoms with Crippen molar-refractivity contribution in [3.63, 3.8) is 0 Å². The number of aromatic nitrogens is 1. The first-order chi connectivity index (χ1) is 6.84. The molecule has 0 unspecified atom stereocenters. The molecule has 1 aliphatic rings. The maximum atomic E-state index is 5.53. The van der Waals surface area contributed by atoms with E-state index in [-0.39, 0.29) is 12.4 Å². The Balaban J connectivity index is 0.00000112. The molecular weight excluding hydrogens is 208 g/mol. The molecule has 1 aromatic heterocycles. The molecule has 0 aromatic carbocycles. The van der Waals surface area contributed by atoms with Crippen LogP contribution in [0.4, 0.5) is 5.82 Å². The molecule has 0 saturated heterocycles. The van der Waals surface area contributed by atoms with Crippen LogP contribution < -0.4 is 5.73 Å². The van der Waals surface area contributed by atoms with Gasteiger partial charge in [0.2, 0.25) is 0 Å². The summed E-state index contributed by atoms with van der Waals surface area (Å²) in [5.74, 6) is 0.603. The van der Waals surface area contributed by atoms with Crippen LogP contribution in [0.3, 0.4) is 0 Å². The van der Waals surface area contributed by atoms with Crippen molar-refractivity contribution < 1.29 is 0 Å². The topological polar surface area (TPSA) is 38.9 Å². The molecular formula is C12H17ClN2. The fourth-order valence-electron chi connectivity index (χ4n) is 1.87. The smallest absolute Gasteiger partial charge is 0.123 e. The second-order valence-corrected chi connectivity index (χ2v) is 3.88. The molecule has 0 radical (unpaired) electrons. The summed E-state index contributed by atoms with van der Waals surface area (Å²) in [7, 11) is 0. The number of nitrogens with zero attached hydrogens (tertiary/aromatic N) is 1. The van der Waals surface area contributed by atoms with Crippen LogP contribution in [0.15, 0.2) is 30.0 Å². The third-order valence-corrected chi connectivity index (χ3v) is 2.66. The Bertz CT molecular complexity index is 330. The SMILES string of the molecule is Cl.Nc1ccc(CC2=CCCCC2)cn1. The van der Waals surface area contributed by atoms with Crippen LogP contribution in [-0.4, -0.2) is 4.98 Å². The largest absolute Gasteiger partial charge is 0.384 e. The van der Waals surface area contributed by atoms with Gasteiger partial charge < -0.3 is 5.73 Å². The lowest BCUT2D eigenvalue weighted by atomic mass is 9.95. The molecule has 1 aliphatic carbocycles. The molecule has 82 valence electrons. The minimum atomic E-state index is 0. The summed E-state index contributed by atoms with van der Waals surface area (Å²) in [5, 5.41) is 0. The number of pyridine rings is 1. The highest BCUT2D eigenvalue weighted by molar-refractivity contribution is 5.85. The number of nitrogen functional groups attached to an aromatic ring is 1. The number of halogens is 1. The van der Waals surface area contributed by atoms with Crippen LogP contribution in [0.2, 0.25) is 0 Å². The molecule has 0 aliphatic heterocycles. The molecule has 0 fully saturated rings. The van der Waals surface area contributed by atoms with Gasteiger partial charge in [0, 0.05) is 6.20 Å². The van der Waals surface area contributed by atoms with Crippen molar-refractivity contribution in [2.75, 3.05) is 5.73 Å². The summed E-state index contributed by atoms with van der Waals surface area (Å²) >= 11 is 0.